The van der Waals surface area contributed by atoms with Gasteiger partial charge in [-0.25, -0.2) is 0 Å². The number of imide groups is 1. The minimum atomic E-state index is -4.60. The first kappa shape index (κ1) is 17.8. The molecule has 1 fully saturated rings. The Balaban J connectivity index is 2.33. The maximum absolute atomic E-state index is 12.7. The Morgan fingerprint density at radius 3 is 2.29 bits per heavy atom. The van der Waals surface area contributed by atoms with Crippen LogP contribution in [0.2, 0.25) is 0 Å². The molecule has 1 aromatic rings. The predicted molar refractivity (Wildman–Crippen MR) is 78.6 cm³/mol. The molecule has 0 saturated carbocycles. The maximum Gasteiger partial charge on any atom is 0.392 e. The first-order valence-corrected chi connectivity index (χ1v) is 7.01. The molecule has 1 aromatic carbocycles. The fourth-order valence-corrected chi connectivity index (χ4v) is 2.46. The summed E-state index contributed by atoms with van der Waals surface area (Å²) in [4.78, 5) is 36.0. The number of rotatable bonds is 3. The Bertz CT molecular complexity index is 670. The van der Waals surface area contributed by atoms with Crippen molar-refractivity contribution >= 4 is 29.1 Å². The molecule has 0 radical (unpaired) electrons. The molecule has 0 spiro atoms. The molecule has 130 valence electrons. The maximum atomic E-state index is 12.7. The number of hydrogen-bond donors (Lipinski definition) is 1. The number of nitrogens with zero attached hydrogens (tertiary/aromatic N) is 1. The zero-order chi connectivity index (χ0) is 18.1. The SMILES string of the molecule is COc1ccc(N2C(=O)CC(C(F)(F)F)CC2=O)cc1NC(C)=O. The average molecular weight is 344 g/mol. The van der Waals surface area contributed by atoms with Crippen molar-refractivity contribution in [1.82, 2.24) is 0 Å². The van der Waals surface area contributed by atoms with Crippen molar-refractivity contribution < 1.29 is 32.3 Å². The van der Waals surface area contributed by atoms with Crippen LogP contribution < -0.4 is 15.0 Å². The van der Waals surface area contributed by atoms with Crippen molar-refractivity contribution in [3.8, 4) is 5.75 Å². The highest BCUT2D eigenvalue weighted by Crippen LogP contribution is 2.38. The summed E-state index contributed by atoms with van der Waals surface area (Å²) in [5, 5.41) is 2.47. The van der Waals surface area contributed by atoms with Gasteiger partial charge in [-0.3, -0.25) is 19.3 Å². The van der Waals surface area contributed by atoms with Crippen LogP contribution in [0.25, 0.3) is 0 Å². The molecule has 0 atom stereocenters. The molecule has 0 aliphatic carbocycles. The van der Waals surface area contributed by atoms with Gasteiger partial charge in [0, 0.05) is 19.8 Å². The van der Waals surface area contributed by atoms with Crippen LogP contribution in [0, 0.1) is 5.92 Å². The van der Waals surface area contributed by atoms with Gasteiger partial charge in [-0.2, -0.15) is 13.2 Å². The zero-order valence-corrected chi connectivity index (χ0v) is 12.9. The van der Waals surface area contributed by atoms with Gasteiger partial charge in [0.05, 0.1) is 24.4 Å². The number of nitrogens with one attached hydrogen (secondary N) is 1. The van der Waals surface area contributed by atoms with Gasteiger partial charge in [-0.1, -0.05) is 0 Å². The zero-order valence-electron chi connectivity index (χ0n) is 12.9. The smallest absolute Gasteiger partial charge is 0.392 e. The molecule has 1 N–H and O–H groups in total. The number of methoxy groups -OCH3 is 1. The summed E-state index contributed by atoms with van der Waals surface area (Å²) < 4.78 is 43.3. The second-order valence-corrected chi connectivity index (χ2v) is 5.34. The lowest BCUT2D eigenvalue weighted by Gasteiger charge is -2.31. The second-order valence-electron chi connectivity index (χ2n) is 5.34. The van der Waals surface area contributed by atoms with E-state index in [4.69, 9.17) is 4.74 Å². The minimum Gasteiger partial charge on any atom is -0.495 e. The van der Waals surface area contributed by atoms with Crippen molar-refractivity contribution in [2.45, 2.75) is 25.9 Å². The fraction of sp³-hybridized carbons (Fsp3) is 0.400. The third-order valence-corrected chi connectivity index (χ3v) is 3.56. The van der Waals surface area contributed by atoms with Crippen LogP contribution in [0.5, 0.6) is 5.75 Å². The van der Waals surface area contributed by atoms with E-state index in [-0.39, 0.29) is 11.4 Å². The molecule has 1 heterocycles. The van der Waals surface area contributed by atoms with Crippen molar-refractivity contribution in [1.29, 1.82) is 0 Å². The van der Waals surface area contributed by atoms with E-state index in [0.717, 1.165) is 0 Å². The van der Waals surface area contributed by atoms with E-state index >= 15 is 0 Å². The van der Waals surface area contributed by atoms with Crippen molar-refractivity contribution in [2.24, 2.45) is 5.92 Å². The predicted octanol–water partition coefficient (Wildman–Crippen LogP) is 2.49. The molecule has 0 aromatic heterocycles. The highest BCUT2D eigenvalue weighted by atomic mass is 19.4. The molecule has 1 aliphatic heterocycles. The molecule has 9 heteroatoms. The highest BCUT2D eigenvalue weighted by Gasteiger charge is 2.47. The number of anilines is 2. The lowest BCUT2D eigenvalue weighted by molar-refractivity contribution is -0.185. The van der Waals surface area contributed by atoms with Gasteiger partial charge in [-0.15, -0.1) is 0 Å². The summed E-state index contributed by atoms with van der Waals surface area (Å²) in [7, 11) is 1.37. The summed E-state index contributed by atoms with van der Waals surface area (Å²) in [5.41, 5.74) is 0.288. The number of piperidine rings is 1. The van der Waals surface area contributed by atoms with Crippen LogP contribution in [0.15, 0.2) is 18.2 Å². The van der Waals surface area contributed by atoms with E-state index in [1.807, 2.05) is 0 Å². The number of benzene rings is 1. The molecule has 24 heavy (non-hydrogen) atoms. The van der Waals surface area contributed by atoms with E-state index in [9.17, 15) is 27.6 Å². The largest absolute Gasteiger partial charge is 0.495 e. The first-order chi connectivity index (χ1) is 11.1. The van der Waals surface area contributed by atoms with E-state index in [0.29, 0.717) is 10.6 Å². The normalized spacial score (nSPS) is 16.3. The lowest BCUT2D eigenvalue weighted by Crippen LogP contribution is -2.46. The van der Waals surface area contributed by atoms with Gasteiger partial charge >= 0.3 is 6.18 Å². The molecule has 1 aliphatic rings. The summed E-state index contributed by atoms with van der Waals surface area (Å²) in [6.07, 6.45) is -6.19. The van der Waals surface area contributed by atoms with Crippen molar-refractivity contribution in [2.75, 3.05) is 17.3 Å². The summed E-state index contributed by atoms with van der Waals surface area (Å²) in [5.74, 6) is -3.96. The Morgan fingerprint density at radius 1 is 1.25 bits per heavy atom. The molecular weight excluding hydrogens is 329 g/mol. The topological polar surface area (TPSA) is 75.7 Å². The van der Waals surface area contributed by atoms with E-state index in [2.05, 4.69) is 5.32 Å². The third kappa shape index (κ3) is 3.66. The van der Waals surface area contributed by atoms with E-state index in [1.165, 1.54) is 32.2 Å². The van der Waals surface area contributed by atoms with Crippen molar-refractivity contribution in [3.63, 3.8) is 0 Å². The van der Waals surface area contributed by atoms with Gasteiger partial charge in [0.1, 0.15) is 5.75 Å². The molecule has 1 saturated heterocycles. The second kappa shape index (κ2) is 6.50. The number of carbonyl (C=O) groups is 3. The first-order valence-electron chi connectivity index (χ1n) is 7.01. The molecule has 2 rings (SSSR count). The average Bonchev–Trinajstić information content (AvgIpc) is 2.45. The number of halogens is 3. The Kier molecular flexibility index (Phi) is 4.81. The molecule has 0 bridgehead atoms. The van der Waals surface area contributed by atoms with Crippen LogP contribution in [0.1, 0.15) is 19.8 Å². The standard InChI is InChI=1S/C15H15F3N2O4/c1-8(21)19-11-7-10(3-4-12(11)24-2)20-13(22)5-9(6-14(20)23)15(16,17)18/h3-4,7,9H,5-6H2,1-2H3,(H,19,21). The van der Waals surface area contributed by atoms with Crippen molar-refractivity contribution in [3.05, 3.63) is 18.2 Å². The molecule has 3 amide bonds. The van der Waals surface area contributed by atoms with Gasteiger partial charge < -0.3 is 10.1 Å². The minimum absolute atomic E-state index is 0.0789. The highest BCUT2D eigenvalue weighted by molar-refractivity contribution is 6.17. The Labute approximate surface area is 135 Å². The Hall–Kier alpha value is -2.58. The summed E-state index contributed by atoms with van der Waals surface area (Å²) >= 11 is 0. The fourth-order valence-electron chi connectivity index (χ4n) is 2.46. The number of hydrogen-bond acceptors (Lipinski definition) is 4. The van der Waals surface area contributed by atoms with Crippen LogP contribution in [-0.2, 0) is 14.4 Å². The van der Waals surface area contributed by atoms with Crippen LogP contribution in [0.3, 0.4) is 0 Å². The number of alkyl halides is 3. The Morgan fingerprint density at radius 2 is 1.83 bits per heavy atom. The molecular formula is C15H15F3N2O4. The van der Waals surface area contributed by atoms with E-state index < -0.39 is 42.7 Å². The quantitative estimate of drug-likeness (QED) is 0.855. The van der Waals surface area contributed by atoms with Gasteiger partial charge in [-0.05, 0) is 18.2 Å². The van der Waals surface area contributed by atoms with Gasteiger partial charge in [0.25, 0.3) is 0 Å². The number of amides is 3. The van der Waals surface area contributed by atoms with Crippen LogP contribution in [-0.4, -0.2) is 31.0 Å². The van der Waals surface area contributed by atoms with Gasteiger partial charge in [0.15, 0.2) is 0 Å². The number of ether oxygens (including phenoxy) is 1. The van der Waals surface area contributed by atoms with Crippen LogP contribution >= 0.6 is 0 Å². The summed E-state index contributed by atoms with van der Waals surface area (Å²) in [6.45, 7) is 1.26. The van der Waals surface area contributed by atoms with Crippen LogP contribution in [0.4, 0.5) is 24.5 Å². The van der Waals surface area contributed by atoms with E-state index in [1.54, 1.807) is 0 Å². The summed E-state index contributed by atoms with van der Waals surface area (Å²) in [6, 6.07) is 4.09. The lowest BCUT2D eigenvalue weighted by atomic mass is 9.94. The van der Waals surface area contributed by atoms with Gasteiger partial charge in [0.2, 0.25) is 17.7 Å². The molecule has 0 unspecified atom stereocenters. The monoisotopic (exact) mass is 344 g/mol. The number of carbonyl (C=O) groups excluding carboxylic acids is 3. The third-order valence-electron chi connectivity index (χ3n) is 3.56. The molecule has 6 nitrogen and oxygen atoms in total.